The summed E-state index contributed by atoms with van der Waals surface area (Å²) >= 11 is 0. The van der Waals surface area contributed by atoms with E-state index in [9.17, 15) is 4.79 Å². The summed E-state index contributed by atoms with van der Waals surface area (Å²) in [5.41, 5.74) is 5.72. The van der Waals surface area contributed by atoms with Gasteiger partial charge in [0.25, 0.3) is 11.7 Å². The minimum Gasteiger partial charge on any atom is -0.342 e. The Morgan fingerprint density at radius 1 is 1.16 bits per heavy atom. The van der Waals surface area contributed by atoms with Crippen LogP contribution in [0.1, 0.15) is 79.4 Å². The molecule has 0 unspecified atom stereocenters. The minimum atomic E-state index is -0.321. The first-order valence-electron chi connectivity index (χ1n) is 12.6. The highest BCUT2D eigenvalue weighted by Gasteiger charge is 2.27. The van der Waals surface area contributed by atoms with Gasteiger partial charge in [0.05, 0.1) is 29.3 Å². The van der Waals surface area contributed by atoms with Crippen LogP contribution in [0.2, 0.25) is 0 Å². The van der Waals surface area contributed by atoms with Crippen molar-refractivity contribution >= 4 is 17.5 Å². The maximum absolute atomic E-state index is 13.0. The van der Waals surface area contributed by atoms with Gasteiger partial charge in [-0.15, -0.1) is 0 Å². The third kappa shape index (κ3) is 5.23. The number of nitrogens with zero attached hydrogens (tertiary/aromatic N) is 6. The highest BCUT2D eigenvalue weighted by Crippen LogP contribution is 2.32. The van der Waals surface area contributed by atoms with Crippen LogP contribution in [0.4, 0.5) is 11.6 Å². The van der Waals surface area contributed by atoms with E-state index in [2.05, 4.69) is 49.1 Å². The van der Waals surface area contributed by atoms with E-state index in [1.807, 2.05) is 40.8 Å². The molecule has 1 aromatic carbocycles. The summed E-state index contributed by atoms with van der Waals surface area (Å²) in [5, 5.41) is 14.6. The predicted octanol–water partition coefficient (Wildman–Crippen LogP) is 4.81. The molecule has 1 amide bonds. The van der Waals surface area contributed by atoms with Gasteiger partial charge >= 0.3 is 0 Å². The van der Waals surface area contributed by atoms with E-state index in [4.69, 9.17) is 9.51 Å². The van der Waals surface area contributed by atoms with E-state index in [0.717, 1.165) is 53.9 Å². The lowest BCUT2D eigenvalue weighted by Crippen LogP contribution is -2.29. The monoisotopic (exact) mass is 500 g/mol. The second-order valence-corrected chi connectivity index (χ2v) is 10.5. The van der Waals surface area contributed by atoms with Crippen molar-refractivity contribution < 1.29 is 9.32 Å². The molecule has 3 heterocycles. The van der Waals surface area contributed by atoms with Crippen LogP contribution in [0.15, 0.2) is 41.2 Å². The summed E-state index contributed by atoms with van der Waals surface area (Å²) < 4.78 is 7.11. The van der Waals surface area contributed by atoms with Crippen LogP contribution in [0.5, 0.6) is 0 Å². The zero-order chi connectivity index (χ0) is 26.2. The molecule has 0 spiro atoms. The average molecular weight is 501 g/mol. The highest BCUT2D eigenvalue weighted by atomic mass is 16.5. The zero-order valence-electron chi connectivity index (χ0n) is 21.9. The lowest BCUT2D eigenvalue weighted by Gasteiger charge is -2.19. The Labute approximate surface area is 215 Å². The maximum Gasteiger partial charge on any atom is 0.293 e. The van der Waals surface area contributed by atoms with Gasteiger partial charge in [-0.05, 0) is 49.4 Å². The zero-order valence-corrected chi connectivity index (χ0v) is 21.9. The summed E-state index contributed by atoms with van der Waals surface area (Å²) in [6.07, 6.45) is 7.38. The molecule has 1 aliphatic rings. The van der Waals surface area contributed by atoms with Crippen LogP contribution >= 0.6 is 0 Å². The van der Waals surface area contributed by atoms with E-state index in [1.54, 1.807) is 17.1 Å². The third-order valence-corrected chi connectivity index (χ3v) is 6.72. The van der Waals surface area contributed by atoms with Gasteiger partial charge in [-0.3, -0.25) is 9.48 Å². The molecule has 0 radical (unpaired) electrons. The van der Waals surface area contributed by atoms with Gasteiger partial charge in [-0.1, -0.05) is 44.5 Å². The van der Waals surface area contributed by atoms with E-state index in [-0.39, 0.29) is 23.2 Å². The number of hydrogen-bond acceptors (Lipinski definition) is 8. The largest absolute Gasteiger partial charge is 0.342 e. The molecule has 5 rings (SSSR count). The Balaban J connectivity index is 1.37. The molecule has 1 aliphatic carbocycles. The molecule has 10 heteroatoms. The van der Waals surface area contributed by atoms with Gasteiger partial charge in [0.2, 0.25) is 11.8 Å². The molecule has 37 heavy (non-hydrogen) atoms. The first kappa shape index (κ1) is 24.6. The van der Waals surface area contributed by atoms with Crippen molar-refractivity contribution in [1.82, 2.24) is 35.2 Å². The Kier molecular flexibility index (Phi) is 6.49. The number of carbonyl (C=O) groups excluding carboxylic acids is 1. The molecular formula is C27H32N8O2. The number of anilines is 2. The number of hydrogen-bond donors (Lipinski definition) is 2. The number of benzene rings is 1. The van der Waals surface area contributed by atoms with Gasteiger partial charge in [0.15, 0.2) is 0 Å². The third-order valence-electron chi connectivity index (χ3n) is 6.72. The van der Waals surface area contributed by atoms with E-state index < -0.39 is 0 Å². The smallest absolute Gasteiger partial charge is 0.293 e. The van der Waals surface area contributed by atoms with Crippen LogP contribution in [0.3, 0.4) is 0 Å². The lowest BCUT2D eigenvalue weighted by atomic mass is 9.95. The van der Waals surface area contributed by atoms with E-state index in [0.29, 0.717) is 11.8 Å². The molecule has 10 nitrogen and oxygen atoms in total. The molecule has 0 fully saturated rings. The van der Waals surface area contributed by atoms with Gasteiger partial charge in [0, 0.05) is 24.2 Å². The molecule has 4 aromatic rings. The minimum absolute atomic E-state index is 0.0669. The van der Waals surface area contributed by atoms with Crippen molar-refractivity contribution in [2.45, 2.75) is 64.8 Å². The quantitative estimate of drug-likeness (QED) is 0.374. The first-order chi connectivity index (χ1) is 17.7. The molecule has 1 atom stereocenters. The van der Waals surface area contributed by atoms with Crippen molar-refractivity contribution in [3.05, 3.63) is 65.2 Å². The lowest BCUT2D eigenvalue weighted by molar-refractivity contribution is 0.0921. The van der Waals surface area contributed by atoms with Gasteiger partial charge < -0.3 is 15.2 Å². The second-order valence-electron chi connectivity index (χ2n) is 10.5. The summed E-state index contributed by atoms with van der Waals surface area (Å²) in [6, 6.07) is 8.11. The van der Waals surface area contributed by atoms with Crippen molar-refractivity contribution in [2.24, 2.45) is 7.05 Å². The Morgan fingerprint density at radius 3 is 2.73 bits per heavy atom. The van der Waals surface area contributed by atoms with Crippen LogP contribution in [-0.2, 0) is 18.9 Å². The maximum atomic E-state index is 13.0. The summed E-state index contributed by atoms with van der Waals surface area (Å²) in [7, 11) is 1.90. The van der Waals surface area contributed by atoms with Crippen molar-refractivity contribution in [3.63, 3.8) is 0 Å². The molecule has 0 bridgehead atoms. The van der Waals surface area contributed by atoms with Crippen LogP contribution in [0.25, 0.3) is 11.3 Å². The van der Waals surface area contributed by atoms with E-state index >= 15 is 0 Å². The standard InChI is InChI=1S/C27H32N8O2/c1-16-22(15-29-35(16)5)32-26-28-13-12-20(31-26)18-10-11-19-17(14-18)8-6-7-9-21(19)30-24(36)23-33-25(37-34-23)27(2,3)4/h10-15,21H,6-9H2,1-5H3,(H,30,36)(H,28,31,32)/t21-/m0/s1. The summed E-state index contributed by atoms with van der Waals surface area (Å²) in [4.78, 5) is 26.4. The fourth-order valence-electron chi connectivity index (χ4n) is 4.46. The fraction of sp³-hybridized carbons (Fsp3) is 0.407. The highest BCUT2D eigenvalue weighted by molar-refractivity contribution is 5.90. The molecule has 2 N–H and O–H groups in total. The van der Waals surface area contributed by atoms with Crippen molar-refractivity contribution in [3.8, 4) is 11.3 Å². The number of carbonyl (C=O) groups is 1. The second kappa shape index (κ2) is 9.76. The van der Waals surface area contributed by atoms with Gasteiger partial charge in [0.1, 0.15) is 0 Å². The van der Waals surface area contributed by atoms with Gasteiger partial charge in [-0.25, -0.2) is 9.97 Å². The van der Waals surface area contributed by atoms with Gasteiger partial charge in [-0.2, -0.15) is 10.1 Å². The summed E-state index contributed by atoms with van der Waals surface area (Å²) in [6.45, 7) is 7.90. The first-order valence-corrected chi connectivity index (χ1v) is 12.6. The van der Waals surface area contributed by atoms with Crippen LogP contribution in [-0.4, -0.2) is 35.8 Å². The number of rotatable bonds is 5. The molecule has 3 aromatic heterocycles. The van der Waals surface area contributed by atoms with Crippen LogP contribution in [0, 0.1) is 6.92 Å². The predicted molar refractivity (Wildman–Crippen MR) is 139 cm³/mol. The van der Waals surface area contributed by atoms with Crippen LogP contribution < -0.4 is 10.6 Å². The number of fused-ring (bicyclic) bond motifs is 1. The normalized spacial score (nSPS) is 15.6. The number of amides is 1. The fourth-order valence-corrected chi connectivity index (χ4v) is 4.46. The Hall–Kier alpha value is -4.08. The Morgan fingerprint density at radius 2 is 2.00 bits per heavy atom. The average Bonchev–Trinajstić information content (AvgIpc) is 3.44. The number of aryl methyl sites for hydroxylation is 2. The van der Waals surface area contributed by atoms with Crippen molar-refractivity contribution in [1.29, 1.82) is 0 Å². The van der Waals surface area contributed by atoms with E-state index in [1.165, 1.54) is 5.56 Å². The summed E-state index contributed by atoms with van der Waals surface area (Å²) in [5.74, 6) is 0.708. The topological polar surface area (TPSA) is 124 Å². The molecular weight excluding hydrogens is 468 g/mol. The SMILES string of the molecule is Cc1c(Nc2nccc(-c3ccc4c(c3)CCCC[C@@H]4NC(=O)c3noc(C(C)(C)C)n3)n2)cnn1C. The number of aromatic nitrogens is 6. The van der Waals surface area contributed by atoms with Crippen molar-refractivity contribution in [2.75, 3.05) is 5.32 Å². The molecule has 0 aliphatic heterocycles. The number of nitrogens with one attached hydrogen (secondary N) is 2. The Bertz CT molecular complexity index is 1430. The molecule has 0 saturated carbocycles. The molecule has 0 saturated heterocycles. The molecule has 192 valence electrons.